The van der Waals surface area contributed by atoms with Gasteiger partial charge in [-0.15, -0.1) is 0 Å². The van der Waals surface area contributed by atoms with E-state index in [0.29, 0.717) is 26.2 Å². The SMILES string of the molecule is CCCCCCCCC(CCCCCC)OC(=O)C(C)(C)CCCCCCOCC1C[C@H](OC(=O)CCN(C)C)CN1CCCCCCC(C)(C)C(=O)OCCCC(CCCCC)CCCCC. The first-order valence-electron chi connectivity index (χ1n) is 29.2. The molecule has 0 spiro atoms. The monoisotopic (exact) mass is 963 g/mol. The molecule has 0 N–H and O–H groups in total. The summed E-state index contributed by atoms with van der Waals surface area (Å²) in [4.78, 5) is 43.7. The lowest BCUT2D eigenvalue weighted by molar-refractivity contribution is -0.161. The highest BCUT2D eigenvalue weighted by Gasteiger charge is 2.35. The molecule has 1 aliphatic rings. The molecule has 1 rings (SSSR count). The zero-order valence-corrected chi connectivity index (χ0v) is 46.8. The molecule has 9 heteroatoms. The van der Waals surface area contributed by atoms with Crippen molar-refractivity contribution in [2.75, 3.05) is 53.6 Å². The highest BCUT2D eigenvalue weighted by Crippen LogP contribution is 2.30. The van der Waals surface area contributed by atoms with E-state index < -0.39 is 10.8 Å². The Kier molecular flexibility index (Phi) is 38.6. The van der Waals surface area contributed by atoms with Gasteiger partial charge in [0, 0.05) is 32.2 Å². The average Bonchev–Trinajstić information content (AvgIpc) is 3.68. The van der Waals surface area contributed by atoms with Gasteiger partial charge in [0.15, 0.2) is 0 Å². The molecule has 1 saturated heterocycles. The van der Waals surface area contributed by atoms with Gasteiger partial charge in [0.05, 0.1) is 30.5 Å². The molecule has 402 valence electrons. The van der Waals surface area contributed by atoms with Gasteiger partial charge in [0.1, 0.15) is 12.2 Å². The van der Waals surface area contributed by atoms with Crippen molar-refractivity contribution in [1.82, 2.24) is 9.80 Å². The summed E-state index contributed by atoms with van der Waals surface area (Å²) in [5.41, 5.74) is -0.927. The van der Waals surface area contributed by atoms with Crippen molar-refractivity contribution in [3.05, 3.63) is 0 Å². The molecular formula is C59H114N2O7. The van der Waals surface area contributed by atoms with Gasteiger partial charge in [-0.3, -0.25) is 19.3 Å². The van der Waals surface area contributed by atoms with Crippen molar-refractivity contribution in [3.63, 3.8) is 0 Å². The van der Waals surface area contributed by atoms with Crippen LogP contribution in [0.1, 0.15) is 274 Å². The topological polar surface area (TPSA) is 94.6 Å². The standard InChI is InChI=1S/C59H114N2O7/c1-11-15-19-21-22-30-40-53(39-29-20-16-12-2)68-57(64)59(7,8)43-32-24-26-34-46-65-50-52-48-54(67-55(62)41-45-60(9)10)49-61(52)44-33-25-23-31-42-58(5,6)56(63)66-47-35-38-51(36-27-17-13-3)37-28-18-14-4/h51-54H,11-50H2,1-10H3/t52?,53?,54-/m0/s1. The number of esters is 3. The molecule has 68 heavy (non-hydrogen) atoms. The fourth-order valence-electron chi connectivity index (χ4n) is 9.87. The summed E-state index contributed by atoms with van der Waals surface area (Å²) in [6.07, 6.45) is 38.3. The second-order valence-electron chi connectivity index (χ2n) is 22.8. The normalized spacial score (nSPS) is 16.2. The highest BCUT2D eigenvalue weighted by atomic mass is 16.6. The van der Waals surface area contributed by atoms with Crippen molar-refractivity contribution < 1.29 is 33.3 Å². The number of hydrogen-bond acceptors (Lipinski definition) is 9. The van der Waals surface area contributed by atoms with Gasteiger partial charge in [-0.2, -0.15) is 0 Å². The Morgan fingerprint density at radius 3 is 1.66 bits per heavy atom. The zero-order chi connectivity index (χ0) is 50.3. The molecular weight excluding hydrogens is 849 g/mol. The Morgan fingerprint density at radius 2 is 1.06 bits per heavy atom. The predicted molar refractivity (Wildman–Crippen MR) is 286 cm³/mol. The van der Waals surface area contributed by atoms with Crippen LogP contribution in [0.3, 0.4) is 0 Å². The van der Waals surface area contributed by atoms with E-state index in [1.54, 1.807) is 0 Å². The van der Waals surface area contributed by atoms with Crippen molar-refractivity contribution in [2.45, 2.75) is 292 Å². The predicted octanol–water partition coefficient (Wildman–Crippen LogP) is 15.6. The van der Waals surface area contributed by atoms with Gasteiger partial charge in [-0.1, -0.05) is 169 Å². The van der Waals surface area contributed by atoms with E-state index in [1.807, 2.05) is 32.8 Å². The highest BCUT2D eigenvalue weighted by molar-refractivity contribution is 5.76. The Bertz CT molecular complexity index is 1210. The molecule has 2 unspecified atom stereocenters. The van der Waals surface area contributed by atoms with Gasteiger partial charge >= 0.3 is 17.9 Å². The number of ether oxygens (including phenoxy) is 4. The number of rotatable bonds is 47. The third kappa shape index (κ3) is 33.0. The van der Waals surface area contributed by atoms with Crippen molar-refractivity contribution in [1.29, 1.82) is 0 Å². The third-order valence-electron chi connectivity index (χ3n) is 14.8. The number of likely N-dealkylation sites (tertiary alicyclic amines) is 1. The summed E-state index contributed by atoms with van der Waals surface area (Å²) in [6, 6.07) is 0.238. The molecule has 1 fully saturated rings. The molecule has 3 atom stereocenters. The summed E-state index contributed by atoms with van der Waals surface area (Å²) in [5, 5.41) is 0. The van der Waals surface area contributed by atoms with Crippen LogP contribution >= 0.6 is 0 Å². The smallest absolute Gasteiger partial charge is 0.311 e. The van der Waals surface area contributed by atoms with Crippen molar-refractivity contribution in [2.24, 2.45) is 16.7 Å². The number of hydrogen-bond donors (Lipinski definition) is 0. The van der Waals surface area contributed by atoms with E-state index in [4.69, 9.17) is 18.9 Å². The lowest BCUT2D eigenvalue weighted by atomic mass is 9.86. The maximum absolute atomic E-state index is 13.4. The van der Waals surface area contributed by atoms with E-state index in [2.05, 4.69) is 46.4 Å². The molecule has 0 amide bonds. The minimum absolute atomic E-state index is 0.0175. The second kappa shape index (κ2) is 40.8. The van der Waals surface area contributed by atoms with E-state index >= 15 is 0 Å². The van der Waals surface area contributed by atoms with Crippen LogP contribution in [0, 0.1) is 16.7 Å². The fraction of sp³-hybridized carbons (Fsp3) is 0.949. The molecule has 0 aromatic rings. The molecule has 0 saturated carbocycles. The second-order valence-corrected chi connectivity index (χ2v) is 22.8. The summed E-state index contributed by atoms with van der Waals surface area (Å²) in [7, 11) is 3.96. The summed E-state index contributed by atoms with van der Waals surface area (Å²) < 4.78 is 24.3. The van der Waals surface area contributed by atoms with Crippen LogP contribution in [0.25, 0.3) is 0 Å². The van der Waals surface area contributed by atoms with Crippen LogP contribution < -0.4 is 0 Å². The molecule has 0 aromatic heterocycles. The third-order valence-corrected chi connectivity index (χ3v) is 14.8. The van der Waals surface area contributed by atoms with E-state index in [-0.39, 0.29) is 36.2 Å². The quantitative estimate of drug-likeness (QED) is 0.0336. The lowest BCUT2D eigenvalue weighted by Gasteiger charge is -2.27. The largest absolute Gasteiger partial charge is 0.465 e. The summed E-state index contributed by atoms with van der Waals surface area (Å²) in [6.45, 7) is 21.6. The van der Waals surface area contributed by atoms with Crippen LogP contribution in [0.4, 0.5) is 0 Å². The van der Waals surface area contributed by atoms with Gasteiger partial charge in [-0.05, 0) is 118 Å². The van der Waals surface area contributed by atoms with Crippen LogP contribution in [0.5, 0.6) is 0 Å². The Labute approximate surface area is 421 Å². The first-order valence-corrected chi connectivity index (χ1v) is 29.2. The number of carbonyl (C=O) groups excluding carboxylic acids is 3. The molecule has 0 aliphatic carbocycles. The van der Waals surface area contributed by atoms with E-state index in [0.717, 1.165) is 128 Å². The molecule has 9 nitrogen and oxygen atoms in total. The molecule has 1 heterocycles. The van der Waals surface area contributed by atoms with Gasteiger partial charge in [-0.25, -0.2) is 0 Å². The molecule has 0 radical (unpaired) electrons. The van der Waals surface area contributed by atoms with Crippen LogP contribution in [-0.2, 0) is 33.3 Å². The molecule has 1 aliphatic heterocycles. The van der Waals surface area contributed by atoms with Crippen molar-refractivity contribution >= 4 is 17.9 Å². The van der Waals surface area contributed by atoms with Gasteiger partial charge in [0.2, 0.25) is 0 Å². The summed E-state index contributed by atoms with van der Waals surface area (Å²) in [5.74, 6) is 0.585. The minimum atomic E-state index is -0.466. The fourth-order valence-corrected chi connectivity index (χ4v) is 9.87. The molecule has 0 bridgehead atoms. The van der Waals surface area contributed by atoms with Crippen LogP contribution in [0.15, 0.2) is 0 Å². The van der Waals surface area contributed by atoms with Gasteiger partial charge < -0.3 is 23.8 Å². The maximum atomic E-state index is 13.4. The summed E-state index contributed by atoms with van der Waals surface area (Å²) >= 11 is 0. The maximum Gasteiger partial charge on any atom is 0.311 e. The number of unbranched alkanes of at least 4 members (excludes halogenated alkanes) is 18. The van der Waals surface area contributed by atoms with E-state index in [9.17, 15) is 14.4 Å². The Balaban J connectivity index is 2.50. The van der Waals surface area contributed by atoms with Crippen molar-refractivity contribution in [3.8, 4) is 0 Å². The zero-order valence-electron chi connectivity index (χ0n) is 46.8. The lowest BCUT2D eigenvalue weighted by Crippen LogP contribution is -2.34. The Morgan fingerprint density at radius 1 is 0.574 bits per heavy atom. The first kappa shape index (κ1) is 64.3. The molecule has 0 aromatic carbocycles. The average molecular weight is 964 g/mol. The van der Waals surface area contributed by atoms with Gasteiger partial charge in [0.25, 0.3) is 0 Å². The van der Waals surface area contributed by atoms with Crippen LogP contribution in [-0.4, -0.2) is 99.5 Å². The Hall–Kier alpha value is -1.71. The number of carbonyl (C=O) groups is 3. The van der Waals surface area contributed by atoms with E-state index in [1.165, 1.54) is 109 Å². The minimum Gasteiger partial charge on any atom is -0.465 e. The number of nitrogens with zero attached hydrogens (tertiary/aromatic N) is 2. The van der Waals surface area contributed by atoms with Crippen LogP contribution in [0.2, 0.25) is 0 Å². The first-order chi connectivity index (χ1) is 32.7.